The van der Waals surface area contributed by atoms with Crippen LogP contribution in [0.15, 0.2) is 47.6 Å². The first-order valence-electron chi connectivity index (χ1n) is 8.30. The number of benzene rings is 2. The van der Waals surface area contributed by atoms with Crippen LogP contribution in [-0.4, -0.2) is 25.8 Å². The highest BCUT2D eigenvalue weighted by atomic mass is 35.5. The van der Waals surface area contributed by atoms with Crippen molar-refractivity contribution in [3.63, 3.8) is 0 Å². The Kier molecular flexibility index (Phi) is 5.49. The molecule has 0 saturated carbocycles. The number of hydrogen-bond donors (Lipinski definition) is 0. The molecule has 0 aliphatic carbocycles. The van der Waals surface area contributed by atoms with Gasteiger partial charge in [0.05, 0.1) is 5.25 Å². The molecule has 1 aromatic heterocycles. The first-order valence-corrected chi connectivity index (χ1v) is 9.56. The summed E-state index contributed by atoms with van der Waals surface area (Å²) in [5.41, 5.74) is 3.78. The first-order chi connectivity index (χ1) is 12.4. The number of Topliss-reactive ketones (excluding diaryl/α,β-unsaturated/α-hetero) is 1. The summed E-state index contributed by atoms with van der Waals surface area (Å²) in [5.74, 6) is 0.850. The van der Waals surface area contributed by atoms with Crippen LogP contribution in [0.1, 0.15) is 28.4 Å². The van der Waals surface area contributed by atoms with E-state index in [9.17, 15) is 4.79 Å². The van der Waals surface area contributed by atoms with Gasteiger partial charge in [-0.1, -0.05) is 41.1 Å². The van der Waals surface area contributed by atoms with Crippen molar-refractivity contribution >= 4 is 29.1 Å². The molecule has 0 N–H and O–H groups in total. The Hall–Kier alpha value is -2.11. The second kappa shape index (κ2) is 7.64. The summed E-state index contributed by atoms with van der Waals surface area (Å²) in [4.78, 5) is 12.9. The molecular weight excluding hydrogens is 366 g/mol. The number of ketones is 1. The lowest BCUT2D eigenvalue weighted by molar-refractivity contribution is 0.0993. The zero-order chi connectivity index (χ0) is 18.8. The van der Waals surface area contributed by atoms with E-state index >= 15 is 0 Å². The molecule has 0 saturated heterocycles. The average Bonchev–Trinajstić information content (AvgIpc) is 2.98. The molecule has 0 aliphatic rings. The molecule has 0 amide bonds. The molecule has 0 spiro atoms. The number of nitrogens with zero attached hydrogens (tertiary/aromatic N) is 3. The molecule has 1 atom stereocenters. The second-order valence-corrected chi connectivity index (χ2v) is 8.06. The van der Waals surface area contributed by atoms with Crippen molar-refractivity contribution in [3.8, 4) is 11.4 Å². The third-order valence-electron chi connectivity index (χ3n) is 4.25. The molecule has 0 bridgehead atoms. The number of rotatable bonds is 5. The van der Waals surface area contributed by atoms with Gasteiger partial charge in [-0.05, 0) is 56.7 Å². The van der Waals surface area contributed by atoms with Crippen LogP contribution in [0.2, 0.25) is 5.02 Å². The Morgan fingerprint density at radius 3 is 2.50 bits per heavy atom. The van der Waals surface area contributed by atoms with Crippen molar-refractivity contribution in [2.75, 3.05) is 0 Å². The fourth-order valence-corrected chi connectivity index (χ4v) is 3.71. The van der Waals surface area contributed by atoms with Gasteiger partial charge < -0.3 is 4.57 Å². The Labute approximate surface area is 162 Å². The molecule has 0 unspecified atom stereocenters. The SMILES string of the molecule is Cc1ccc(C)c(C(=O)[C@H](C)Sc2nnc(-c3ccc(Cl)cc3)n2C)c1. The minimum Gasteiger partial charge on any atom is -0.305 e. The third-order valence-corrected chi connectivity index (χ3v) is 5.63. The molecule has 134 valence electrons. The van der Waals surface area contributed by atoms with Crippen LogP contribution in [-0.2, 0) is 7.05 Å². The second-order valence-electron chi connectivity index (χ2n) is 6.31. The van der Waals surface area contributed by atoms with Crippen molar-refractivity contribution < 1.29 is 4.79 Å². The highest BCUT2D eigenvalue weighted by Gasteiger charge is 2.21. The fraction of sp³-hybridized carbons (Fsp3) is 0.250. The van der Waals surface area contributed by atoms with E-state index in [2.05, 4.69) is 10.2 Å². The van der Waals surface area contributed by atoms with Gasteiger partial charge in [-0.3, -0.25) is 4.79 Å². The van der Waals surface area contributed by atoms with Gasteiger partial charge in [0, 0.05) is 23.2 Å². The maximum Gasteiger partial charge on any atom is 0.191 e. The summed E-state index contributed by atoms with van der Waals surface area (Å²) in [6.45, 7) is 5.87. The molecule has 0 aliphatic heterocycles. The van der Waals surface area contributed by atoms with E-state index in [0.717, 1.165) is 28.1 Å². The summed E-state index contributed by atoms with van der Waals surface area (Å²) in [5, 5.41) is 9.67. The quantitative estimate of drug-likeness (QED) is 0.452. The normalized spacial score (nSPS) is 12.2. The molecular formula is C20H20ClN3OS. The van der Waals surface area contributed by atoms with Gasteiger partial charge in [0.2, 0.25) is 0 Å². The molecule has 6 heteroatoms. The van der Waals surface area contributed by atoms with Crippen LogP contribution >= 0.6 is 23.4 Å². The summed E-state index contributed by atoms with van der Waals surface area (Å²) in [7, 11) is 1.90. The minimum absolute atomic E-state index is 0.104. The molecule has 0 fully saturated rings. The van der Waals surface area contributed by atoms with Gasteiger partial charge in [0.25, 0.3) is 0 Å². The Morgan fingerprint density at radius 1 is 1.12 bits per heavy atom. The van der Waals surface area contributed by atoms with Gasteiger partial charge in [-0.15, -0.1) is 10.2 Å². The van der Waals surface area contributed by atoms with Gasteiger partial charge in [0.1, 0.15) is 0 Å². The number of aromatic nitrogens is 3. The van der Waals surface area contributed by atoms with Crippen molar-refractivity contribution in [1.82, 2.24) is 14.8 Å². The maximum atomic E-state index is 12.9. The van der Waals surface area contributed by atoms with Crippen LogP contribution in [0, 0.1) is 13.8 Å². The number of carbonyl (C=O) groups excluding carboxylic acids is 1. The minimum atomic E-state index is -0.253. The lowest BCUT2D eigenvalue weighted by atomic mass is 10.0. The Balaban J connectivity index is 1.82. The van der Waals surface area contributed by atoms with Crippen molar-refractivity contribution in [2.45, 2.75) is 31.2 Å². The average molecular weight is 386 g/mol. The van der Waals surface area contributed by atoms with Crippen LogP contribution in [0.3, 0.4) is 0 Å². The van der Waals surface area contributed by atoms with E-state index in [-0.39, 0.29) is 11.0 Å². The van der Waals surface area contributed by atoms with Crippen LogP contribution in [0.4, 0.5) is 0 Å². The molecule has 3 aromatic rings. The molecule has 1 heterocycles. The number of thioether (sulfide) groups is 1. The topological polar surface area (TPSA) is 47.8 Å². The number of halogens is 1. The van der Waals surface area contributed by atoms with Crippen molar-refractivity contribution in [2.24, 2.45) is 7.05 Å². The highest BCUT2D eigenvalue weighted by Crippen LogP contribution is 2.28. The summed E-state index contributed by atoms with van der Waals surface area (Å²) in [6, 6.07) is 13.4. The van der Waals surface area contributed by atoms with E-state index in [1.807, 2.05) is 74.9 Å². The van der Waals surface area contributed by atoms with Gasteiger partial charge >= 0.3 is 0 Å². The smallest absolute Gasteiger partial charge is 0.191 e. The number of carbonyl (C=O) groups is 1. The summed E-state index contributed by atoms with van der Waals surface area (Å²) < 4.78 is 1.90. The zero-order valence-electron chi connectivity index (χ0n) is 15.2. The van der Waals surface area contributed by atoms with Gasteiger partial charge in [-0.25, -0.2) is 0 Å². The highest BCUT2D eigenvalue weighted by molar-refractivity contribution is 8.00. The summed E-state index contributed by atoms with van der Waals surface area (Å²) in [6.07, 6.45) is 0. The largest absolute Gasteiger partial charge is 0.305 e. The Bertz CT molecular complexity index is 950. The monoisotopic (exact) mass is 385 g/mol. The predicted molar refractivity (Wildman–Crippen MR) is 107 cm³/mol. The molecule has 3 rings (SSSR count). The van der Waals surface area contributed by atoms with Crippen molar-refractivity contribution in [1.29, 1.82) is 0 Å². The van der Waals surface area contributed by atoms with Gasteiger partial charge in [-0.2, -0.15) is 0 Å². The third kappa shape index (κ3) is 3.84. The molecule has 2 aromatic carbocycles. The molecule has 0 radical (unpaired) electrons. The van der Waals surface area contributed by atoms with E-state index in [4.69, 9.17) is 11.6 Å². The van der Waals surface area contributed by atoms with Crippen LogP contribution in [0.25, 0.3) is 11.4 Å². The number of hydrogen-bond acceptors (Lipinski definition) is 4. The summed E-state index contributed by atoms with van der Waals surface area (Å²) >= 11 is 7.37. The predicted octanol–water partition coefficient (Wildman–Crippen LogP) is 5.12. The lowest BCUT2D eigenvalue weighted by Crippen LogP contribution is -2.16. The molecule has 26 heavy (non-hydrogen) atoms. The van der Waals surface area contributed by atoms with E-state index in [0.29, 0.717) is 10.2 Å². The van der Waals surface area contributed by atoms with Crippen LogP contribution < -0.4 is 0 Å². The lowest BCUT2D eigenvalue weighted by Gasteiger charge is -2.12. The zero-order valence-corrected chi connectivity index (χ0v) is 16.7. The van der Waals surface area contributed by atoms with Crippen molar-refractivity contribution in [3.05, 3.63) is 64.2 Å². The standard InChI is InChI=1S/C20H20ClN3OS/c1-12-5-6-13(2)17(11-12)18(25)14(3)26-20-23-22-19(24(20)4)15-7-9-16(21)10-8-15/h5-11,14H,1-4H3/t14-/m0/s1. The molecule has 4 nitrogen and oxygen atoms in total. The van der Waals surface area contributed by atoms with Crippen LogP contribution in [0.5, 0.6) is 0 Å². The number of aryl methyl sites for hydroxylation is 2. The maximum absolute atomic E-state index is 12.9. The fourth-order valence-electron chi connectivity index (χ4n) is 2.70. The first kappa shape index (κ1) is 18.7. The van der Waals surface area contributed by atoms with E-state index in [1.54, 1.807) is 0 Å². The van der Waals surface area contributed by atoms with E-state index in [1.165, 1.54) is 11.8 Å². The van der Waals surface area contributed by atoms with E-state index < -0.39 is 0 Å². The Morgan fingerprint density at radius 2 is 1.81 bits per heavy atom. The van der Waals surface area contributed by atoms with Gasteiger partial charge in [0.15, 0.2) is 16.8 Å².